The third-order valence-corrected chi connectivity index (χ3v) is 3.30. The lowest BCUT2D eigenvalue weighted by Gasteiger charge is -2.12. The Morgan fingerprint density at radius 3 is 2.24 bits per heavy atom. The quantitative estimate of drug-likeness (QED) is 0.411. The van der Waals surface area contributed by atoms with Gasteiger partial charge >= 0.3 is 5.97 Å². The molecule has 7 nitrogen and oxygen atoms in total. The molecule has 0 aromatic heterocycles. The fourth-order valence-corrected chi connectivity index (χ4v) is 2.12. The third kappa shape index (κ3) is 4.94. The van der Waals surface area contributed by atoms with Crippen molar-refractivity contribution in [3.8, 4) is 11.5 Å². The van der Waals surface area contributed by atoms with Crippen LogP contribution in [0.1, 0.15) is 29.8 Å². The van der Waals surface area contributed by atoms with E-state index >= 15 is 0 Å². The van der Waals surface area contributed by atoms with Gasteiger partial charge in [0.2, 0.25) is 0 Å². The molecule has 2 aromatic rings. The number of ether oxygens (including phenoxy) is 3. The summed E-state index contributed by atoms with van der Waals surface area (Å²) in [5.41, 5.74) is 0.992. The Morgan fingerprint density at radius 2 is 1.64 bits per heavy atom. The molecule has 25 heavy (non-hydrogen) atoms. The van der Waals surface area contributed by atoms with Gasteiger partial charge in [0.1, 0.15) is 6.61 Å². The summed E-state index contributed by atoms with van der Waals surface area (Å²) in [4.78, 5) is 22.3. The van der Waals surface area contributed by atoms with Gasteiger partial charge in [-0.05, 0) is 49.7 Å². The Balaban J connectivity index is 2.04. The first kappa shape index (κ1) is 18.3. The first-order valence-corrected chi connectivity index (χ1v) is 7.85. The summed E-state index contributed by atoms with van der Waals surface area (Å²) >= 11 is 0. The Bertz CT molecular complexity index is 742. The van der Waals surface area contributed by atoms with Gasteiger partial charge in [0.15, 0.2) is 11.5 Å². The summed E-state index contributed by atoms with van der Waals surface area (Å²) in [7, 11) is 0. The summed E-state index contributed by atoms with van der Waals surface area (Å²) in [6, 6.07) is 10.7. The van der Waals surface area contributed by atoms with Crippen molar-refractivity contribution in [3.63, 3.8) is 0 Å². The van der Waals surface area contributed by atoms with Crippen LogP contribution in [0.2, 0.25) is 0 Å². The van der Waals surface area contributed by atoms with E-state index in [-0.39, 0.29) is 12.3 Å². The molecule has 0 fully saturated rings. The molecule has 0 N–H and O–H groups in total. The summed E-state index contributed by atoms with van der Waals surface area (Å²) in [5.74, 6) is 0.535. The number of nitrogens with zero attached hydrogens (tertiary/aromatic N) is 1. The summed E-state index contributed by atoms with van der Waals surface area (Å²) in [5, 5.41) is 10.6. The molecule has 0 saturated heterocycles. The van der Waals surface area contributed by atoms with Crippen LogP contribution in [-0.4, -0.2) is 24.1 Å². The Kier molecular flexibility index (Phi) is 6.33. The van der Waals surface area contributed by atoms with Gasteiger partial charge in [0.25, 0.3) is 5.69 Å². The molecular formula is C18H19NO6. The number of nitro benzene ring substituents is 1. The van der Waals surface area contributed by atoms with E-state index < -0.39 is 10.9 Å². The molecule has 0 unspecified atom stereocenters. The fraction of sp³-hybridized carbons (Fsp3) is 0.278. The van der Waals surface area contributed by atoms with E-state index in [1.807, 2.05) is 13.8 Å². The van der Waals surface area contributed by atoms with Gasteiger partial charge in [-0.3, -0.25) is 10.1 Å². The van der Waals surface area contributed by atoms with Crippen LogP contribution in [0.25, 0.3) is 0 Å². The van der Waals surface area contributed by atoms with Gasteiger partial charge < -0.3 is 14.2 Å². The van der Waals surface area contributed by atoms with Gasteiger partial charge in [-0.1, -0.05) is 0 Å². The second-order valence-corrected chi connectivity index (χ2v) is 5.03. The Morgan fingerprint density at radius 1 is 1.00 bits per heavy atom. The zero-order valence-corrected chi connectivity index (χ0v) is 14.1. The van der Waals surface area contributed by atoms with Crippen molar-refractivity contribution < 1.29 is 23.9 Å². The molecule has 0 saturated carbocycles. The molecule has 0 atom stereocenters. The van der Waals surface area contributed by atoms with E-state index in [4.69, 9.17) is 14.2 Å². The van der Waals surface area contributed by atoms with Crippen LogP contribution in [0.5, 0.6) is 11.5 Å². The molecule has 2 rings (SSSR count). The molecular weight excluding hydrogens is 326 g/mol. The van der Waals surface area contributed by atoms with Crippen LogP contribution in [0.15, 0.2) is 42.5 Å². The Labute approximate surface area is 145 Å². The second kappa shape index (κ2) is 8.68. The van der Waals surface area contributed by atoms with Crippen LogP contribution in [-0.2, 0) is 11.3 Å². The standard InChI is InChI=1S/C18H19NO6/c1-3-23-16-10-7-14(11-17(16)24-4-2)18(20)25-12-13-5-8-15(9-6-13)19(21)22/h5-11H,3-4,12H2,1-2H3. The number of nitro groups is 1. The average Bonchev–Trinajstić information content (AvgIpc) is 2.62. The summed E-state index contributed by atoms with van der Waals surface area (Å²) in [6.45, 7) is 4.66. The molecule has 132 valence electrons. The minimum Gasteiger partial charge on any atom is -0.490 e. The van der Waals surface area contributed by atoms with Crippen molar-refractivity contribution >= 4 is 11.7 Å². The SMILES string of the molecule is CCOc1ccc(C(=O)OCc2ccc([N+](=O)[O-])cc2)cc1OCC. The van der Waals surface area contributed by atoms with Crippen molar-refractivity contribution in [2.45, 2.75) is 20.5 Å². The van der Waals surface area contributed by atoms with Crippen LogP contribution in [0, 0.1) is 10.1 Å². The Hall–Kier alpha value is -3.09. The van der Waals surface area contributed by atoms with E-state index in [2.05, 4.69) is 0 Å². The van der Waals surface area contributed by atoms with Gasteiger partial charge in [0.05, 0.1) is 23.7 Å². The lowest BCUT2D eigenvalue weighted by atomic mass is 10.2. The molecule has 0 heterocycles. The monoisotopic (exact) mass is 345 g/mol. The number of carbonyl (C=O) groups is 1. The van der Waals surface area contributed by atoms with Crippen LogP contribution in [0.3, 0.4) is 0 Å². The van der Waals surface area contributed by atoms with Crippen LogP contribution in [0.4, 0.5) is 5.69 Å². The second-order valence-electron chi connectivity index (χ2n) is 5.03. The number of hydrogen-bond donors (Lipinski definition) is 0. The molecule has 0 amide bonds. The zero-order chi connectivity index (χ0) is 18.2. The highest BCUT2D eigenvalue weighted by Gasteiger charge is 2.13. The maximum absolute atomic E-state index is 12.2. The third-order valence-electron chi connectivity index (χ3n) is 3.30. The zero-order valence-electron chi connectivity index (χ0n) is 14.1. The van der Waals surface area contributed by atoms with Crippen LogP contribution < -0.4 is 9.47 Å². The molecule has 0 aliphatic carbocycles. The van der Waals surface area contributed by atoms with Gasteiger partial charge in [-0.15, -0.1) is 0 Å². The minimum absolute atomic E-state index is 0.0112. The van der Waals surface area contributed by atoms with Crippen LogP contribution >= 0.6 is 0 Å². The smallest absolute Gasteiger partial charge is 0.338 e. The number of esters is 1. The predicted octanol–water partition coefficient (Wildman–Crippen LogP) is 3.75. The number of hydrogen-bond acceptors (Lipinski definition) is 6. The fourth-order valence-electron chi connectivity index (χ4n) is 2.12. The van der Waals surface area contributed by atoms with Crippen molar-refractivity contribution in [3.05, 3.63) is 63.7 Å². The predicted molar refractivity (Wildman–Crippen MR) is 91.0 cm³/mol. The van der Waals surface area contributed by atoms with E-state index in [1.165, 1.54) is 12.1 Å². The average molecular weight is 345 g/mol. The van der Waals surface area contributed by atoms with Crippen molar-refractivity contribution in [2.24, 2.45) is 0 Å². The lowest BCUT2D eigenvalue weighted by molar-refractivity contribution is -0.384. The maximum atomic E-state index is 12.2. The molecule has 0 spiro atoms. The number of rotatable bonds is 8. The normalized spacial score (nSPS) is 10.2. The molecule has 2 aromatic carbocycles. The van der Waals surface area contributed by atoms with Gasteiger partial charge in [-0.25, -0.2) is 4.79 Å². The van der Waals surface area contributed by atoms with Crippen molar-refractivity contribution in [1.82, 2.24) is 0 Å². The largest absolute Gasteiger partial charge is 0.490 e. The van der Waals surface area contributed by atoms with Crippen molar-refractivity contribution in [1.29, 1.82) is 0 Å². The van der Waals surface area contributed by atoms with E-state index in [0.29, 0.717) is 35.8 Å². The van der Waals surface area contributed by atoms with E-state index in [9.17, 15) is 14.9 Å². The molecule has 0 bridgehead atoms. The minimum atomic E-state index is -0.512. The highest BCUT2D eigenvalue weighted by molar-refractivity contribution is 5.90. The van der Waals surface area contributed by atoms with Crippen molar-refractivity contribution in [2.75, 3.05) is 13.2 Å². The van der Waals surface area contributed by atoms with E-state index in [1.54, 1.807) is 30.3 Å². The molecule has 0 aliphatic heterocycles. The summed E-state index contributed by atoms with van der Waals surface area (Å²) in [6.07, 6.45) is 0. The highest BCUT2D eigenvalue weighted by Crippen LogP contribution is 2.29. The maximum Gasteiger partial charge on any atom is 0.338 e. The molecule has 0 radical (unpaired) electrons. The first-order valence-electron chi connectivity index (χ1n) is 7.85. The molecule has 0 aliphatic rings. The first-order chi connectivity index (χ1) is 12.0. The van der Waals surface area contributed by atoms with E-state index in [0.717, 1.165) is 0 Å². The highest BCUT2D eigenvalue weighted by atomic mass is 16.6. The van der Waals surface area contributed by atoms with Gasteiger partial charge in [-0.2, -0.15) is 0 Å². The number of benzene rings is 2. The van der Waals surface area contributed by atoms with Gasteiger partial charge in [0, 0.05) is 12.1 Å². The number of carbonyl (C=O) groups excluding carboxylic acids is 1. The summed E-state index contributed by atoms with van der Waals surface area (Å²) < 4.78 is 16.2. The topological polar surface area (TPSA) is 87.9 Å². The number of non-ortho nitro benzene ring substituents is 1. The lowest BCUT2D eigenvalue weighted by Crippen LogP contribution is -2.07. The molecule has 7 heteroatoms.